The van der Waals surface area contributed by atoms with Gasteiger partial charge in [0.2, 0.25) is 0 Å². The molecule has 2 N–H and O–H groups in total. The highest BCUT2D eigenvalue weighted by Gasteiger charge is 2.18. The minimum atomic E-state index is -0.862. The van der Waals surface area contributed by atoms with E-state index in [1.807, 2.05) is 41.4 Å². The summed E-state index contributed by atoms with van der Waals surface area (Å²) in [6, 6.07) is 7.47. The first-order valence-electron chi connectivity index (χ1n) is 7.84. The number of nitrogens with one attached hydrogen (secondary N) is 2. The monoisotopic (exact) mass is 407 g/mol. The number of hydrazine groups is 1. The SMILES string of the molecule is Cc1csc(C(=O)NNC(=O)OCc2ccc(F)cc2Cl)c1-n1cccc1. The largest absolute Gasteiger partial charge is 0.443 e. The van der Waals surface area contributed by atoms with Crippen LogP contribution in [0.3, 0.4) is 0 Å². The van der Waals surface area contributed by atoms with Crippen LogP contribution in [0.25, 0.3) is 5.69 Å². The summed E-state index contributed by atoms with van der Waals surface area (Å²) < 4.78 is 19.8. The number of amides is 2. The van der Waals surface area contributed by atoms with E-state index in [-0.39, 0.29) is 11.6 Å². The van der Waals surface area contributed by atoms with Gasteiger partial charge in [-0.3, -0.25) is 10.2 Å². The maximum atomic E-state index is 13.0. The Morgan fingerprint density at radius 3 is 2.70 bits per heavy atom. The Labute approximate surface area is 163 Å². The van der Waals surface area contributed by atoms with E-state index in [1.165, 1.54) is 23.5 Å². The van der Waals surface area contributed by atoms with Gasteiger partial charge in [0.25, 0.3) is 5.91 Å². The highest BCUT2D eigenvalue weighted by molar-refractivity contribution is 7.12. The van der Waals surface area contributed by atoms with Gasteiger partial charge in [-0.15, -0.1) is 11.3 Å². The molecule has 9 heteroatoms. The molecule has 0 aliphatic rings. The highest BCUT2D eigenvalue weighted by atomic mass is 35.5. The van der Waals surface area contributed by atoms with Gasteiger partial charge in [0.05, 0.1) is 10.7 Å². The predicted molar refractivity (Wildman–Crippen MR) is 101 cm³/mol. The molecule has 6 nitrogen and oxygen atoms in total. The summed E-state index contributed by atoms with van der Waals surface area (Å²) in [6.45, 7) is 1.74. The molecule has 2 heterocycles. The number of nitrogens with zero attached hydrogens (tertiary/aromatic N) is 1. The van der Waals surface area contributed by atoms with Crippen LogP contribution in [0, 0.1) is 12.7 Å². The molecule has 2 amide bonds. The van der Waals surface area contributed by atoms with Crippen LogP contribution in [0.1, 0.15) is 20.8 Å². The molecule has 0 aliphatic carbocycles. The average Bonchev–Trinajstić information content (AvgIpc) is 3.28. The summed E-state index contributed by atoms with van der Waals surface area (Å²) in [6.07, 6.45) is 2.81. The van der Waals surface area contributed by atoms with E-state index in [2.05, 4.69) is 10.9 Å². The van der Waals surface area contributed by atoms with Crippen molar-refractivity contribution in [2.75, 3.05) is 0 Å². The Kier molecular flexibility index (Phi) is 5.78. The van der Waals surface area contributed by atoms with Gasteiger partial charge in [-0.2, -0.15) is 0 Å². The predicted octanol–water partition coefficient (Wildman–Crippen LogP) is 4.21. The Hall–Kier alpha value is -2.84. The number of ether oxygens (including phenoxy) is 1. The zero-order chi connectivity index (χ0) is 19.4. The van der Waals surface area contributed by atoms with Crippen molar-refractivity contribution in [2.45, 2.75) is 13.5 Å². The van der Waals surface area contributed by atoms with Crippen molar-refractivity contribution in [1.29, 1.82) is 0 Å². The molecule has 0 radical (unpaired) electrons. The summed E-state index contributed by atoms with van der Waals surface area (Å²) in [4.78, 5) is 24.6. The van der Waals surface area contributed by atoms with Gasteiger partial charge in [0.1, 0.15) is 17.3 Å². The van der Waals surface area contributed by atoms with Gasteiger partial charge in [-0.05, 0) is 42.1 Å². The van der Waals surface area contributed by atoms with Crippen molar-refractivity contribution in [2.24, 2.45) is 0 Å². The van der Waals surface area contributed by atoms with E-state index < -0.39 is 17.8 Å². The van der Waals surface area contributed by atoms with Crippen molar-refractivity contribution in [3.8, 4) is 5.69 Å². The van der Waals surface area contributed by atoms with Crippen LogP contribution in [-0.2, 0) is 11.3 Å². The van der Waals surface area contributed by atoms with E-state index in [9.17, 15) is 14.0 Å². The third-order valence-corrected chi connectivity index (χ3v) is 5.10. The molecule has 2 aromatic heterocycles. The molecule has 0 fully saturated rings. The zero-order valence-corrected chi connectivity index (χ0v) is 15.7. The van der Waals surface area contributed by atoms with E-state index in [1.54, 1.807) is 0 Å². The number of hydrogen-bond donors (Lipinski definition) is 2. The Morgan fingerprint density at radius 1 is 1.26 bits per heavy atom. The Morgan fingerprint density at radius 2 is 2.00 bits per heavy atom. The van der Waals surface area contributed by atoms with Crippen LogP contribution in [0.5, 0.6) is 0 Å². The Bertz CT molecular complexity index is 972. The Balaban J connectivity index is 1.57. The van der Waals surface area contributed by atoms with Crippen LogP contribution >= 0.6 is 22.9 Å². The second kappa shape index (κ2) is 8.24. The third kappa shape index (κ3) is 4.47. The van der Waals surface area contributed by atoms with Crippen LogP contribution < -0.4 is 10.9 Å². The second-order valence-electron chi connectivity index (χ2n) is 5.58. The maximum absolute atomic E-state index is 13.0. The molecule has 3 rings (SSSR count). The number of carbonyl (C=O) groups excluding carboxylic acids is 2. The van der Waals surface area contributed by atoms with Crippen molar-refractivity contribution in [3.63, 3.8) is 0 Å². The summed E-state index contributed by atoms with van der Waals surface area (Å²) in [7, 11) is 0. The topological polar surface area (TPSA) is 72.4 Å². The van der Waals surface area contributed by atoms with E-state index in [0.29, 0.717) is 10.4 Å². The first kappa shape index (κ1) is 18.9. The molecule has 0 saturated carbocycles. The first-order valence-corrected chi connectivity index (χ1v) is 9.10. The standard InChI is InChI=1S/C18H15ClFN3O3S/c1-11-10-27-16(15(11)23-6-2-3-7-23)17(24)21-22-18(25)26-9-12-4-5-13(20)8-14(12)19/h2-8,10H,9H2,1H3,(H,21,24)(H,22,25). The molecule has 0 saturated heterocycles. The first-order chi connectivity index (χ1) is 13.0. The normalized spacial score (nSPS) is 10.5. The zero-order valence-electron chi connectivity index (χ0n) is 14.2. The molecule has 3 aromatic rings. The van der Waals surface area contributed by atoms with Gasteiger partial charge in [0, 0.05) is 18.0 Å². The minimum absolute atomic E-state index is 0.150. The van der Waals surface area contributed by atoms with Gasteiger partial charge < -0.3 is 9.30 Å². The smallest absolute Gasteiger partial charge is 0.426 e. The minimum Gasteiger partial charge on any atom is -0.443 e. The molecule has 140 valence electrons. The molecule has 0 aliphatic heterocycles. The number of halogens is 2. The molecule has 27 heavy (non-hydrogen) atoms. The average molecular weight is 408 g/mol. The lowest BCUT2D eigenvalue weighted by Crippen LogP contribution is -2.41. The molecule has 0 unspecified atom stereocenters. The number of hydrogen-bond acceptors (Lipinski definition) is 4. The third-order valence-electron chi connectivity index (χ3n) is 3.66. The van der Waals surface area contributed by atoms with Crippen molar-refractivity contribution < 1.29 is 18.7 Å². The van der Waals surface area contributed by atoms with Crippen molar-refractivity contribution in [1.82, 2.24) is 15.4 Å². The summed E-state index contributed by atoms with van der Waals surface area (Å²) in [5, 5.41) is 2.01. The lowest BCUT2D eigenvalue weighted by molar-refractivity contribution is 0.0908. The number of thiophene rings is 1. The summed E-state index contributed by atoms with van der Waals surface area (Å²) in [5.74, 6) is -0.946. The van der Waals surface area contributed by atoms with E-state index in [0.717, 1.165) is 17.3 Å². The van der Waals surface area contributed by atoms with Gasteiger partial charge >= 0.3 is 6.09 Å². The summed E-state index contributed by atoms with van der Waals surface area (Å²) >= 11 is 7.14. The number of aromatic nitrogens is 1. The molecule has 0 spiro atoms. The lowest BCUT2D eigenvalue weighted by atomic mass is 10.2. The van der Waals surface area contributed by atoms with Crippen molar-refractivity contribution in [3.05, 3.63) is 74.9 Å². The van der Waals surface area contributed by atoms with Crippen LogP contribution in [0.15, 0.2) is 48.1 Å². The van der Waals surface area contributed by atoms with Gasteiger partial charge in [-0.1, -0.05) is 17.7 Å². The quantitative estimate of drug-likeness (QED) is 0.636. The van der Waals surface area contributed by atoms with Crippen molar-refractivity contribution >= 4 is 34.9 Å². The number of benzene rings is 1. The second-order valence-corrected chi connectivity index (χ2v) is 6.86. The van der Waals surface area contributed by atoms with Gasteiger partial charge in [0.15, 0.2) is 0 Å². The molecule has 0 atom stereocenters. The summed E-state index contributed by atoms with van der Waals surface area (Å²) in [5.41, 5.74) is 6.63. The fraction of sp³-hybridized carbons (Fsp3) is 0.111. The van der Waals surface area contributed by atoms with E-state index >= 15 is 0 Å². The van der Waals surface area contributed by atoms with Crippen LogP contribution in [-0.4, -0.2) is 16.6 Å². The molecule has 1 aromatic carbocycles. The number of rotatable bonds is 4. The fourth-order valence-electron chi connectivity index (χ4n) is 2.39. The fourth-order valence-corrected chi connectivity index (χ4v) is 3.55. The van der Waals surface area contributed by atoms with Crippen LogP contribution in [0.2, 0.25) is 5.02 Å². The van der Waals surface area contributed by atoms with Gasteiger partial charge in [-0.25, -0.2) is 14.6 Å². The van der Waals surface area contributed by atoms with E-state index in [4.69, 9.17) is 16.3 Å². The molecular weight excluding hydrogens is 393 g/mol. The maximum Gasteiger partial charge on any atom is 0.426 e. The number of carbonyl (C=O) groups is 2. The lowest BCUT2D eigenvalue weighted by Gasteiger charge is -2.10. The van der Waals surface area contributed by atoms with Crippen LogP contribution in [0.4, 0.5) is 9.18 Å². The number of aryl methyl sites for hydroxylation is 1. The highest BCUT2D eigenvalue weighted by Crippen LogP contribution is 2.26. The molecular formula is C18H15ClFN3O3S. The molecule has 0 bridgehead atoms.